The topological polar surface area (TPSA) is 57.8 Å². The number of nitrogens with one attached hydrogen (secondary N) is 2. The molecule has 0 spiro atoms. The van der Waals surface area contributed by atoms with E-state index >= 15 is 0 Å². The van der Waals surface area contributed by atoms with Crippen LogP contribution in [0.2, 0.25) is 0 Å². The van der Waals surface area contributed by atoms with Crippen molar-refractivity contribution >= 4 is 23.5 Å². The number of hydrogen-bond acceptors (Lipinski definition) is 3. The molecular formula is C9H15N3OS. The molecule has 1 aromatic heterocycles. The van der Waals surface area contributed by atoms with Crippen LogP contribution in [-0.4, -0.2) is 28.1 Å². The Morgan fingerprint density at radius 3 is 3.00 bits per heavy atom. The van der Waals surface area contributed by atoms with Gasteiger partial charge in [0.25, 0.3) is 0 Å². The van der Waals surface area contributed by atoms with E-state index in [0.717, 1.165) is 11.4 Å². The van der Waals surface area contributed by atoms with E-state index in [9.17, 15) is 4.79 Å². The monoisotopic (exact) mass is 213 g/mol. The van der Waals surface area contributed by atoms with Gasteiger partial charge in [-0.15, -0.1) is 0 Å². The van der Waals surface area contributed by atoms with Gasteiger partial charge in [0.15, 0.2) is 5.82 Å². The van der Waals surface area contributed by atoms with Crippen LogP contribution in [0.15, 0.2) is 6.07 Å². The van der Waals surface area contributed by atoms with Crippen molar-refractivity contribution in [1.82, 2.24) is 10.2 Å². The molecule has 0 aliphatic heterocycles. The Labute approximate surface area is 87.9 Å². The Balaban J connectivity index is 2.48. The summed E-state index contributed by atoms with van der Waals surface area (Å²) in [6.45, 7) is 3.80. The highest BCUT2D eigenvalue weighted by Gasteiger charge is 2.12. The lowest BCUT2D eigenvalue weighted by Gasteiger charge is -2.08. The number of aromatic nitrogens is 2. The summed E-state index contributed by atoms with van der Waals surface area (Å²) in [5.41, 5.74) is 0.942. The first-order chi connectivity index (χ1) is 6.63. The number of aromatic amines is 1. The summed E-state index contributed by atoms with van der Waals surface area (Å²) in [4.78, 5) is 11.5. The third-order valence-corrected chi connectivity index (χ3v) is 2.65. The molecule has 1 heterocycles. The normalized spacial score (nSPS) is 12.5. The number of hydrogen-bond donors (Lipinski definition) is 2. The summed E-state index contributed by atoms with van der Waals surface area (Å²) in [7, 11) is 0. The Bertz CT molecular complexity index is 311. The van der Waals surface area contributed by atoms with Crippen LogP contribution in [0.3, 0.4) is 0 Å². The molecule has 1 atom stereocenters. The smallest absolute Gasteiger partial charge is 0.229 e. The van der Waals surface area contributed by atoms with Crippen molar-refractivity contribution in [2.45, 2.75) is 13.8 Å². The van der Waals surface area contributed by atoms with Gasteiger partial charge in [0.2, 0.25) is 5.91 Å². The van der Waals surface area contributed by atoms with Crippen LogP contribution >= 0.6 is 11.8 Å². The molecule has 78 valence electrons. The van der Waals surface area contributed by atoms with Gasteiger partial charge in [-0.25, -0.2) is 0 Å². The summed E-state index contributed by atoms with van der Waals surface area (Å²) in [6.07, 6.45) is 1.99. The summed E-state index contributed by atoms with van der Waals surface area (Å²) in [5, 5.41) is 9.46. The number of carbonyl (C=O) groups is 1. The third kappa shape index (κ3) is 3.06. The molecule has 0 radical (unpaired) electrons. The summed E-state index contributed by atoms with van der Waals surface area (Å²) < 4.78 is 0. The van der Waals surface area contributed by atoms with Gasteiger partial charge in [-0.05, 0) is 13.2 Å². The Kier molecular flexibility index (Phi) is 4.00. The lowest BCUT2D eigenvalue weighted by atomic mass is 10.2. The average molecular weight is 213 g/mol. The van der Waals surface area contributed by atoms with E-state index in [1.807, 2.05) is 26.2 Å². The second-order valence-electron chi connectivity index (χ2n) is 3.28. The van der Waals surface area contributed by atoms with Crippen molar-refractivity contribution in [3.05, 3.63) is 11.8 Å². The molecular weight excluding hydrogens is 198 g/mol. The molecule has 14 heavy (non-hydrogen) atoms. The standard InChI is InChI=1S/C9H15N3OS/c1-6(5-14-3)9(13)10-8-4-7(2)11-12-8/h4,6H,5H2,1-3H3,(H2,10,11,12,13)/t6-/m1/s1. The molecule has 0 bridgehead atoms. The lowest BCUT2D eigenvalue weighted by molar-refractivity contribution is -0.118. The quantitative estimate of drug-likeness (QED) is 0.799. The molecule has 0 saturated heterocycles. The first-order valence-electron chi connectivity index (χ1n) is 4.45. The first kappa shape index (κ1) is 11.1. The van der Waals surface area contributed by atoms with E-state index in [-0.39, 0.29) is 11.8 Å². The average Bonchev–Trinajstić information content (AvgIpc) is 2.51. The first-order valence-corrected chi connectivity index (χ1v) is 5.84. The number of aryl methyl sites for hydroxylation is 1. The van der Waals surface area contributed by atoms with Crippen molar-refractivity contribution in [2.24, 2.45) is 5.92 Å². The number of amides is 1. The fourth-order valence-electron chi connectivity index (χ4n) is 1.06. The number of thioether (sulfide) groups is 1. The van der Waals surface area contributed by atoms with E-state index < -0.39 is 0 Å². The van der Waals surface area contributed by atoms with E-state index in [2.05, 4.69) is 15.5 Å². The van der Waals surface area contributed by atoms with E-state index in [1.165, 1.54) is 0 Å². The van der Waals surface area contributed by atoms with Crippen LogP contribution in [0.5, 0.6) is 0 Å². The van der Waals surface area contributed by atoms with Crippen molar-refractivity contribution in [3.63, 3.8) is 0 Å². The molecule has 0 aliphatic rings. The Morgan fingerprint density at radius 1 is 1.79 bits per heavy atom. The highest BCUT2D eigenvalue weighted by atomic mass is 32.2. The Hall–Kier alpha value is -0.970. The minimum Gasteiger partial charge on any atom is -0.309 e. The van der Waals surface area contributed by atoms with Crippen molar-refractivity contribution in [3.8, 4) is 0 Å². The van der Waals surface area contributed by atoms with E-state index in [4.69, 9.17) is 0 Å². The van der Waals surface area contributed by atoms with Crippen LogP contribution in [-0.2, 0) is 4.79 Å². The molecule has 4 nitrogen and oxygen atoms in total. The van der Waals surface area contributed by atoms with Crippen LogP contribution in [0.4, 0.5) is 5.82 Å². The van der Waals surface area contributed by atoms with Gasteiger partial charge in [-0.2, -0.15) is 16.9 Å². The zero-order valence-electron chi connectivity index (χ0n) is 8.63. The molecule has 0 aliphatic carbocycles. The molecule has 0 unspecified atom stereocenters. The number of H-pyrrole nitrogens is 1. The van der Waals surface area contributed by atoms with Crippen LogP contribution < -0.4 is 5.32 Å². The summed E-state index contributed by atoms with van der Waals surface area (Å²) in [5.74, 6) is 1.46. The minimum absolute atomic E-state index is 0.0157. The zero-order chi connectivity index (χ0) is 10.6. The molecule has 0 saturated carbocycles. The zero-order valence-corrected chi connectivity index (χ0v) is 9.44. The molecule has 2 N–H and O–H groups in total. The fraction of sp³-hybridized carbons (Fsp3) is 0.556. The maximum absolute atomic E-state index is 11.5. The molecule has 5 heteroatoms. The highest BCUT2D eigenvalue weighted by molar-refractivity contribution is 7.98. The van der Waals surface area contributed by atoms with Crippen LogP contribution in [0.25, 0.3) is 0 Å². The maximum Gasteiger partial charge on any atom is 0.229 e. The predicted octanol–water partition coefficient (Wildman–Crippen LogP) is 1.66. The Morgan fingerprint density at radius 2 is 2.50 bits per heavy atom. The van der Waals surface area contributed by atoms with Crippen molar-refractivity contribution < 1.29 is 4.79 Å². The second-order valence-corrected chi connectivity index (χ2v) is 4.19. The summed E-state index contributed by atoms with van der Waals surface area (Å²) >= 11 is 1.66. The molecule has 0 fully saturated rings. The van der Waals surface area contributed by atoms with Crippen molar-refractivity contribution in [2.75, 3.05) is 17.3 Å². The number of anilines is 1. The van der Waals surface area contributed by atoms with Gasteiger partial charge >= 0.3 is 0 Å². The number of carbonyl (C=O) groups excluding carboxylic acids is 1. The SMILES string of the molecule is CSC[C@@H](C)C(=O)Nc1cc(C)[nH]n1. The van der Waals surface area contributed by atoms with Gasteiger partial charge in [0, 0.05) is 23.4 Å². The predicted molar refractivity (Wildman–Crippen MR) is 59.5 cm³/mol. The van der Waals surface area contributed by atoms with E-state index in [0.29, 0.717) is 5.82 Å². The minimum atomic E-state index is 0.0157. The van der Waals surface area contributed by atoms with Gasteiger partial charge in [-0.1, -0.05) is 6.92 Å². The van der Waals surface area contributed by atoms with E-state index in [1.54, 1.807) is 11.8 Å². The van der Waals surface area contributed by atoms with Gasteiger partial charge < -0.3 is 5.32 Å². The third-order valence-electron chi connectivity index (χ3n) is 1.82. The van der Waals surface area contributed by atoms with Crippen molar-refractivity contribution in [1.29, 1.82) is 0 Å². The molecule has 1 aromatic rings. The van der Waals surface area contributed by atoms with Crippen LogP contribution in [0.1, 0.15) is 12.6 Å². The maximum atomic E-state index is 11.5. The summed E-state index contributed by atoms with van der Waals surface area (Å²) in [6, 6.07) is 1.81. The second kappa shape index (κ2) is 5.05. The highest BCUT2D eigenvalue weighted by Crippen LogP contribution is 2.09. The van der Waals surface area contributed by atoms with Gasteiger partial charge in [-0.3, -0.25) is 9.89 Å². The molecule has 0 aromatic carbocycles. The molecule has 1 amide bonds. The van der Waals surface area contributed by atoms with Gasteiger partial charge in [0.1, 0.15) is 0 Å². The number of rotatable bonds is 4. The van der Waals surface area contributed by atoms with Crippen LogP contribution in [0, 0.1) is 12.8 Å². The largest absolute Gasteiger partial charge is 0.309 e. The number of nitrogens with zero attached hydrogens (tertiary/aromatic N) is 1. The fourth-order valence-corrected chi connectivity index (χ4v) is 1.71. The molecule has 1 rings (SSSR count). The van der Waals surface area contributed by atoms with Gasteiger partial charge in [0.05, 0.1) is 0 Å². The lowest BCUT2D eigenvalue weighted by Crippen LogP contribution is -2.22.